The Kier molecular flexibility index (Phi) is 7.02. The molecular weight excluding hydrogens is 336 g/mol. The van der Waals surface area contributed by atoms with Crippen LogP contribution in [-0.2, 0) is 22.7 Å². The Balaban J connectivity index is 2.03. The van der Waals surface area contributed by atoms with E-state index in [1.165, 1.54) is 0 Å². The van der Waals surface area contributed by atoms with Gasteiger partial charge in [0, 0.05) is 24.5 Å². The molecular formula is C20H23ClN2O2. The molecule has 1 N–H and O–H groups in total. The number of nitrogens with one attached hydrogen (secondary N) is 1. The molecule has 1 atom stereocenters. The van der Waals surface area contributed by atoms with Gasteiger partial charge < -0.3 is 10.2 Å². The molecule has 4 nitrogen and oxygen atoms in total. The van der Waals surface area contributed by atoms with Gasteiger partial charge in [0.15, 0.2) is 0 Å². The summed E-state index contributed by atoms with van der Waals surface area (Å²) in [4.78, 5) is 26.4. The van der Waals surface area contributed by atoms with E-state index in [4.69, 9.17) is 11.6 Å². The van der Waals surface area contributed by atoms with Crippen molar-refractivity contribution in [1.82, 2.24) is 10.2 Å². The average molecular weight is 359 g/mol. The molecule has 0 saturated heterocycles. The summed E-state index contributed by atoms with van der Waals surface area (Å²) in [7, 11) is 0. The number of benzene rings is 2. The zero-order valence-electron chi connectivity index (χ0n) is 14.5. The number of rotatable bonds is 7. The average Bonchev–Trinajstić information content (AvgIpc) is 2.65. The summed E-state index contributed by atoms with van der Waals surface area (Å²) < 4.78 is 0. The smallest absolute Gasteiger partial charge is 0.242 e. The Hall–Kier alpha value is -2.33. The maximum atomic E-state index is 12.5. The molecule has 0 aliphatic carbocycles. The fourth-order valence-corrected chi connectivity index (χ4v) is 2.63. The first-order valence-corrected chi connectivity index (χ1v) is 8.74. The Morgan fingerprint density at radius 3 is 2.28 bits per heavy atom. The van der Waals surface area contributed by atoms with Crippen molar-refractivity contribution in [2.45, 2.75) is 39.4 Å². The van der Waals surface area contributed by atoms with E-state index < -0.39 is 6.04 Å². The fourth-order valence-electron chi connectivity index (χ4n) is 2.50. The highest BCUT2D eigenvalue weighted by atomic mass is 35.5. The van der Waals surface area contributed by atoms with Crippen LogP contribution in [0.15, 0.2) is 54.6 Å². The molecule has 0 unspecified atom stereocenters. The summed E-state index contributed by atoms with van der Waals surface area (Å²) >= 11 is 5.91. The standard InChI is InChI=1S/C20H23ClN2O2/c1-3-19(24)23(14-17-9-11-18(21)12-10-17)15(2)20(25)22-13-16-7-5-4-6-8-16/h4-12,15H,3,13-14H2,1-2H3,(H,22,25)/t15-/m1/s1. The lowest BCUT2D eigenvalue weighted by Crippen LogP contribution is -2.47. The third-order valence-corrected chi connectivity index (χ3v) is 4.30. The van der Waals surface area contributed by atoms with Gasteiger partial charge in [-0.1, -0.05) is 61.0 Å². The molecule has 2 rings (SSSR count). The first-order valence-electron chi connectivity index (χ1n) is 8.36. The first-order chi connectivity index (χ1) is 12.0. The third kappa shape index (κ3) is 5.61. The van der Waals surface area contributed by atoms with Crippen molar-refractivity contribution in [2.24, 2.45) is 0 Å². The molecule has 25 heavy (non-hydrogen) atoms. The molecule has 0 aromatic heterocycles. The summed E-state index contributed by atoms with van der Waals surface area (Å²) in [5.41, 5.74) is 1.96. The zero-order valence-corrected chi connectivity index (χ0v) is 15.3. The molecule has 0 spiro atoms. The van der Waals surface area contributed by atoms with Crippen molar-refractivity contribution >= 4 is 23.4 Å². The van der Waals surface area contributed by atoms with Crippen LogP contribution in [0, 0.1) is 0 Å². The first kappa shape index (κ1) is 19.0. The van der Waals surface area contributed by atoms with E-state index in [1.807, 2.05) is 42.5 Å². The van der Waals surface area contributed by atoms with Gasteiger partial charge in [-0.3, -0.25) is 9.59 Å². The summed E-state index contributed by atoms with van der Waals surface area (Å²) in [6.45, 7) is 4.37. The lowest BCUT2D eigenvalue weighted by Gasteiger charge is -2.28. The maximum absolute atomic E-state index is 12.5. The van der Waals surface area contributed by atoms with Gasteiger partial charge in [-0.15, -0.1) is 0 Å². The Morgan fingerprint density at radius 2 is 1.68 bits per heavy atom. The number of hydrogen-bond donors (Lipinski definition) is 1. The third-order valence-electron chi connectivity index (χ3n) is 4.05. The molecule has 2 aromatic rings. The van der Waals surface area contributed by atoms with Crippen LogP contribution in [0.1, 0.15) is 31.4 Å². The van der Waals surface area contributed by atoms with Crippen molar-refractivity contribution in [2.75, 3.05) is 0 Å². The molecule has 0 bridgehead atoms. The van der Waals surface area contributed by atoms with Gasteiger partial charge in [-0.05, 0) is 30.2 Å². The molecule has 0 aliphatic rings. The van der Waals surface area contributed by atoms with Gasteiger partial charge in [0.2, 0.25) is 11.8 Å². The molecule has 0 saturated carbocycles. The van der Waals surface area contributed by atoms with Crippen molar-refractivity contribution < 1.29 is 9.59 Å². The summed E-state index contributed by atoms with van der Waals surface area (Å²) in [6, 6.07) is 16.4. The molecule has 0 aliphatic heterocycles. The largest absolute Gasteiger partial charge is 0.350 e. The minimum Gasteiger partial charge on any atom is -0.350 e. The topological polar surface area (TPSA) is 49.4 Å². The van der Waals surface area contributed by atoms with Crippen molar-refractivity contribution in [1.29, 1.82) is 0 Å². The van der Waals surface area contributed by atoms with Crippen LogP contribution in [0.4, 0.5) is 0 Å². The minimum atomic E-state index is -0.549. The lowest BCUT2D eigenvalue weighted by atomic mass is 10.1. The number of halogens is 1. The Bertz CT molecular complexity index is 701. The van der Waals surface area contributed by atoms with Crippen LogP contribution in [-0.4, -0.2) is 22.8 Å². The monoisotopic (exact) mass is 358 g/mol. The van der Waals surface area contributed by atoms with Gasteiger partial charge in [0.05, 0.1) is 0 Å². The Labute approximate surface area is 153 Å². The second-order valence-corrected chi connectivity index (χ2v) is 6.32. The second kappa shape index (κ2) is 9.23. The predicted octanol–water partition coefficient (Wildman–Crippen LogP) is 3.78. The van der Waals surface area contributed by atoms with Crippen molar-refractivity contribution in [3.8, 4) is 0 Å². The molecule has 0 radical (unpaired) electrons. The predicted molar refractivity (Wildman–Crippen MR) is 100 cm³/mol. The fraction of sp³-hybridized carbons (Fsp3) is 0.300. The van der Waals surface area contributed by atoms with E-state index in [0.29, 0.717) is 24.5 Å². The normalized spacial score (nSPS) is 11.6. The van der Waals surface area contributed by atoms with Crippen molar-refractivity contribution in [3.05, 3.63) is 70.7 Å². The van der Waals surface area contributed by atoms with Crippen LogP contribution in [0.25, 0.3) is 0 Å². The molecule has 0 fully saturated rings. The Morgan fingerprint density at radius 1 is 1.04 bits per heavy atom. The number of hydrogen-bond acceptors (Lipinski definition) is 2. The van der Waals surface area contributed by atoms with Crippen LogP contribution < -0.4 is 5.32 Å². The van der Waals surface area contributed by atoms with E-state index in [9.17, 15) is 9.59 Å². The van der Waals surface area contributed by atoms with Crippen LogP contribution >= 0.6 is 11.6 Å². The summed E-state index contributed by atoms with van der Waals surface area (Å²) in [6.07, 6.45) is 0.351. The highest BCUT2D eigenvalue weighted by Crippen LogP contribution is 2.14. The molecule has 2 aromatic carbocycles. The quantitative estimate of drug-likeness (QED) is 0.818. The number of carbonyl (C=O) groups is 2. The van der Waals surface area contributed by atoms with Gasteiger partial charge >= 0.3 is 0 Å². The molecule has 132 valence electrons. The lowest BCUT2D eigenvalue weighted by molar-refractivity contribution is -0.140. The summed E-state index contributed by atoms with van der Waals surface area (Å²) in [5.74, 6) is -0.225. The number of amides is 2. The van der Waals surface area contributed by atoms with Gasteiger partial charge in [-0.25, -0.2) is 0 Å². The van der Waals surface area contributed by atoms with Gasteiger partial charge in [0.1, 0.15) is 6.04 Å². The van der Waals surface area contributed by atoms with E-state index in [0.717, 1.165) is 11.1 Å². The van der Waals surface area contributed by atoms with Gasteiger partial charge in [0.25, 0.3) is 0 Å². The zero-order chi connectivity index (χ0) is 18.2. The van der Waals surface area contributed by atoms with Gasteiger partial charge in [-0.2, -0.15) is 0 Å². The van der Waals surface area contributed by atoms with Crippen LogP contribution in [0.2, 0.25) is 5.02 Å². The van der Waals surface area contributed by atoms with Crippen molar-refractivity contribution in [3.63, 3.8) is 0 Å². The number of nitrogens with zero attached hydrogens (tertiary/aromatic N) is 1. The maximum Gasteiger partial charge on any atom is 0.242 e. The van der Waals surface area contributed by atoms with E-state index in [-0.39, 0.29) is 11.8 Å². The SMILES string of the molecule is CCC(=O)N(Cc1ccc(Cl)cc1)[C@H](C)C(=O)NCc1ccccc1. The molecule has 2 amide bonds. The number of carbonyl (C=O) groups excluding carboxylic acids is 2. The van der Waals surface area contributed by atoms with Crippen LogP contribution in [0.5, 0.6) is 0 Å². The summed E-state index contributed by atoms with van der Waals surface area (Å²) in [5, 5.41) is 3.54. The highest BCUT2D eigenvalue weighted by molar-refractivity contribution is 6.30. The molecule has 0 heterocycles. The molecule has 5 heteroatoms. The highest BCUT2D eigenvalue weighted by Gasteiger charge is 2.24. The minimum absolute atomic E-state index is 0.0580. The second-order valence-electron chi connectivity index (χ2n) is 5.88. The van der Waals surface area contributed by atoms with E-state index in [2.05, 4.69) is 5.32 Å². The van der Waals surface area contributed by atoms with E-state index >= 15 is 0 Å². The van der Waals surface area contributed by atoms with E-state index in [1.54, 1.807) is 30.9 Å². The van der Waals surface area contributed by atoms with Crippen LogP contribution in [0.3, 0.4) is 0 Å².